The standard InChI is InChI=1S/C31H31ClN4O5/c32-21-6-4-20(5-7-21)27-18-40-29-23(2-1-3-26(29)41-27)19-10-13-35(14-11-19)17-28-33-24-8-9-25(31(37)38)34-30(24)36(28)16-22-12-15-39-22/h1-9,19,22,27H,10-18H2,(H,37,38)/t22-,27+/m0/s1. The highest BCUT2D eigenvalue weighted by molar-refractivity contribution is 6.30. The van der Waals surface area contributed by atoms with E-state index in [4.69, 9.17) is 30.8 Å². The number of ether oxygens (including phenoxy) is 3. The number of carboxylic acids is 1. The number of aromatic carboxylic acids is 1. The van der Waals surface area contributed by atoms with Crippen LogP contribution in [-0.2, 0) is 17.8 Å². The summed E-state index contributed by atoms with van der Waals surface area (Å²) in [7, 11) is 0. The van der Waals surface area contributed by atoms with Crippen LogP contribution in [0.5, 0.6) is 11.5 Å². The number of likely N-dealkylation sites (tertiary alicyclic amines) is 1. The van der Waals surface area contributed by atoms with Crippen molar-refractivity contribution in [3.05, 3.63) is 82.3 Å². The largest absolute Gasteiger partial charge is 0.485 e. The fourth-order valence-corrected chi connectivity index (χ4v) is 6.13. The van der Waals surface area contributed by atoms with E-state index in [1.165, 1.54) is 11.6 Å². The predicted octanol–water partition coefficient (Wildman–Crippen LogP) is 5.46. The zero-order valence-electron chi connectivity index (χ0n) is 22.5. The number of benzene rings is 2. The molecule has 0 spiro atoms. The number of carboxylic acid groups (broad SMARTS) is 1. The summed E-state index contributed by atoms with van der Waals surface area (Å²) in [6.45, 7) is 4.35. The lowest BCUT2D eigenvalue weighted by Crippen LogP contribution is -2.35. The normalized spacial score (nSPS) is 21.1. The summed E-state index contributed by atoms with van der Waals surface area (Å²) in [6, 6.07) is 17.2. The van der Waals surface area contributed by atoms with Gasteiger partial charge in [0.05, 0.1) is 19.2 Å². The number of rotatable bonds is 7. The molecule has 0 bridgehead atoms. The molecule has 10 heteroatoms. The Labute approximate surface area is 242 Å². The van der Waals surface area contributed by atoms with Crippen molar-refractivity contribution in [3.63, 3.8) is 0 Å². The lowest BCUT2D eigenvalue weighted by atomic mass is 9.88. The predicted molar refractivity (Wildman–Crippen MR) is 153 cm³/mol. The van der Waals surface area contributed by atoms with Gasteiger partial charge in [0.25, 0.3) is 0 Å². The Bertz CT molecular complexity index is 1580. The molecule has 9 nitrogen and oxygen atoms in total. The number of hydrogen-bond acceptors (Lipinski definition) is 7. The molecular weight excluding hydrogens is 544 g/mol. The minimum atomic E-state index is -1.04. The first-order valence-corrected chi connectivity index (χ1v) is 14.5. The molecule has 2 fully saturated rings. The van der Waals surface area contributed by atoms with E-state index in [9.17, 15) is 9.90 Å². The molecule has 2 atom stereocenters. The van der Waals surface area contributed by atoms with Crippen LogP contribution in [0.1, 0.15) is 58.7 Å². The molecule has 212 valence electrons. The Balaban J connectivity index is 1.05. The molecule has 3 aliphatic rings. The van der Waals surface area contributed by atoms with Crippen molar-refractivity contribution < 1.29 is 24.1 Å². The van der Waals surface area contributed by atoms with Crippen LogP contribution in [0.3, 0.4) is 0 Å². The summed E-state index contributed by atoms with van der Waals surface area (Å²) >= 11 is 6.06. The first kappa shape index (κ1) is 26.3. The first-order chi connectivity index (χ1) is 20.0. The second-order valence-corrected chi connectivity index (χ2v) is 11.4. The van der Waals surface area contributed by atoms with E-state index in [-0.39, 0.29) is 17.9 Å². The Hall–Kier alpha value is -3.66. The molecule has 1 N–H and O–H groups in total. The summed E-state index contributed by atoms with van der Waals surface area (Å²) in [5.74, 6) is 1.88. The summed E-state index contributed by atoms with van der Waals surface area (Å²) in [4.78, 5) is 23.2. The molecular formula is C31H31ClN4O5. The summed E-state index contributed by atoms with van der Waals surface area (Å²) in [6.07, 6.45) is 2.92. The van der Waals surface area contributed by atoms with Gasteiger partial charge < -0.3 is 23.9 Å². The van der Waals surface area contributed by atoms with Gasteiger partial charge in [-0.25, -0.2) is 14.8 Å². The van der Waals surface area contributed by atoms with Crippen LogP contribution in [0.25, 0.3) is 11.2 Å². The highest BCUT2D eigenvalue weighted by atomic mass is 35.5. The van der Waals surface area contributed by atoms with Crippen LogP contribution in [-0.4, -0.2) is 62.9 Å². The van der Waals surface area contributed by atoms with Crippen molar-refractivity contribution in [2.45, 2.75) is 50.5 Å². The molecule has 3 aliphatic heterocycles. The topological polar surface area (TPSA) is 98.9 Å². The average Bonchev–Trinajstić information content (AvgIpc) is 3.31. The average molecular weight is 575 g/mol. The lowest BCUT2D eigenvalue weighted by molar-refractivity contribution is -0.0593. The van der Waals surface area contributed by atoms with Gasteiger partial charge in [0.2, 0.25) is 0 Å². The van der Waals surface area contributed by atoms with E-state index in [0.29, 0.717) is 41.8 Å². The van der Waals surface area contributed by atoms with E-state index in [1.54, 1.807) is 6.07 Å². The van der Waals surface area contributed by atoms with Crippen molar-refractivity contribution in [1.82, 2.24) is 19.4 Å². The Morgan fingerprint density at radius 2 is 1.83 bits per heavy atom. The second kappa shape index (κ2) is 11.0. The van der Waals surface area contributed by atoms with Crippen molar-refractivity contribution in [2.24, 2.45) is 0 Å². The lowest BCUT2D eigenvalue weighted by Gasteiger charge is -2.35. The molecule has 7 rings (SSSR count). The summed E-state index contributed by atoms with van der Waals surface area (Å²) in [5.41, 5.74) is 3.59. The zero-order chi connectivity index (χ0) is 27.9. The molecule has 0 amide bonds. The number of hydrogen-bond donors (Lipinski definition) is 1. The van der Waals surface area contributed by atoms with Crippen molar-refractivity contribution in [1.29, 1.82) is 0 Å². The number of aromatic nitrogens is 3. The van der Waals surface area contributed by atoms with Crippen LogP contribution >= 0.6 is 11.6 Å². The number of carbonyl (C=O) groups is 1. The van der Waals surface area contributed by atoms with Crippen LogP contribution < -0.4 is 9.47 Å². The first-order valence-electron chi connectivity index (χ1n) is 14.1. The fourth-order valence-electron chi connectivity index (χ4n) is 6.00. The minimum Gasteiger partial charge on any atom is -0.485 e. The van der Waals surface area contributed by atoms with Crippen molar-refractivity contribution in [2.75, 3.05) is 26.3 Å². The molecule has 0 saturated carbocycles. The highest BCUT2D eigenvalue weighted by Gasteiger charge is 2.30. The third-order valence-corrected chi connectivity index (χ3v) is 8.61. The van der Waals surface area contributed by atoms with Crippen LogP contribution in [0.15, 0.2) is 54.6 Å². The summed E-state index contributed by atoms with van der Waals surface area (Å²) < 4.78 is 20.4. The van der Waals surface area contributed by atoms with Gasteiger partial charge in [-0.05, 0) is 74.2 Å². The third-order valence-electron chi connectivity index (χ3n) is 8.36. The summed E-state index contributed by atoms with van der Waals surface area (Å²) in [5, 5.41) is 10.2. The Morgan fingerprint density at radius 3 is 2.56 bits per heavy atom. The number of para-hydroxylation sites is 1. The van der Waals surface area contributed by atoms with Gasteiger partial charge in [-0.15, -0.1) is 0 Å². The van der Waals surface area contributed by atoms with E-state index in [1.807, 2.05) is 34.9 Å². The van der Waals surface area contributed by atoms with E-state index < -0.39 is 5.97 Å². The quantitative estimate of drug-likeness (QED) is 0.310. The minimum absolute atomic E-state index is 0.0254. The van der Waals surface area contributed by atoms with Crippen LogP contribution in [0.2, 0.25) is 5.02 Å². The molecule has 5 heterocycles. The fraction of sp³-hybridized carbons (Fsp3) is 0.387. The maximum atomic E-state index is 11.6. The monoisotopic (exact) mass is 574 g/mol. The molecule has 4 aromatic rings. The van der Waals surface area contributed by atoms with Gasteiger partial charge in [0.1, 0.15) is 17.9 Å². The number of piperidine rings is 1. The number of pyridine rings is 1. The Morgan fingerprint density at radius 1 is 1.02 bits per heavy atom. The van der Waals surface area contributed by atoms with Gasteiger partial charge in [-0.3, -0.25) is 4.90 Å². The van der Waals surface area contributed by atoms with Crippen LogP contribution in [0.4, 0.5) is 0 Å². The van der Waals surface area contributed by atoms with Gasteiger partial charge in [-0.2, -0.15) is 0 Å². The maximum absolute atomic E-state index is 11.6. The van der Waals surface area contributed by atoms with Gasteiger partial charge in [0.15, 0.2) is 28.9 Å². The van der Waals surface area contributed by atoms with E-state index in [0.717, 1.165) is 61.8 Å². The number of fused-ring (bicyclic) bond motifs is 2. The molecule has 0 radical (unpaired) electrons. The van der Waals surface area contributed by atoms with Crippen molar-refractivity contribution >= 4 is 28.7 Å². The smallest absolute Gasteiger partial charge is 0.354 e. The molecule has 0 unspecified atom stereocenters. The molecule has 2 saturated heterocycles. The van der Waals surface area contributed by atoms with Crippen molar-refractivity contribution in [3.8, 4) is 11.5 Å². The SMILES string of the molecule is O=C(O)c1ccc2nc(CN3CCC(c4cccc5c4OC[C@H](c4ccc(Cl)cc4)O5)CC3)n(C[C@@H]3CCO3)c2n1. The van der Waals surface area contributed by atoms with Gasteiger partial charge in [0, 0.05) is 17.2 Å². The number of imidazole rings is 1. The van der Waals surface area contributed by atoms with Crippen LogP contribution in [0, 0.1) is 0 Å². The third kappa shape index (κ3) is 5.25. The van der Waals surface area contributed by atoms with E-state index >= 15 is 0 Å². The van der Waals surface area contributed by atoms with Gasteiger partial charge in [-0.1, -0.05) is 35.9 Å². The van der Waals surface area contributed by atoms with E-state index in [2.05, 4.69) is 22.0 Å². The number of nitrogens with zero attached hydrogens (tertiary/aromatic N) is 4. The highest BCUT2D eigenvalue weighted by Crippen LogP contribution is 2.44. The molecule has 0 aliphatic carbocycles. The second-order valence-electron chi connectivity index (χ2n) is 11.0. The Kier molecular flexibility index (Phi) is 7.02. The maximum Gasteiger partial charge on any atom is 0.354 e. The van der Waals surface area contributed by atoms with Gasteiger partial charge >= 0.3 is 5.97 Å². The molecule has 2 aromatic carbocycles. The molecule has 41 heavy (non-hydrogen) atoms. The zero-order valence-corrected chi connectivity index (χ0v) is 23.3. The number of halogens is 1. The molecule has 2 aromatic heterocycles.